The molecule has 0 saturated carbocycles. The van der Waals surface area contributed by atoms with Crippen molar-refractivity contribution in [1.82, 2.24) is 4.90 Å². The van der Waals surface area contributed by atoms with Crippen LogP contribution in [0, 0.1) is 11.6 Å². The van der Waals surface area contributed by atoms with Crippen molar-refractivity contribution < 1.29 is 18.3 Å². The van der Waals surface area contributed by atoms with E-state index in [0.29, 0.717) is 12.1 Å². The third-order valence-electron chi connectivity index (χ3n) is 2.99. The zero-order chi connectivity index (χ0) is 12.4. The molecule has 1 unspecified atom stereocenters. The van der Waals surface area contributed by atoms with Gasteiger partial charge in [-0.1, -0.05) is 6.07 Å². The van der Waals surface area contributed by atoms with Gasteiger partial charge in [0.05, 0.1) is 7.11 Å². The summed E-state index contributed by atoms with van der Waals surface area (Å²) in [5.74, 6) is -1.49. The summed E-state index contributed by atoms with van der Waals surface area (Å²) in [7, 11) is 1.33. The van der Waals surface area contributed by atoms with Crippen molar-refractivity contribution in [3.63, 3.8) is 0 Å². The van der Waals surface area contributed by atoms with Crippen molar-refractivity contribution in [3.05, 3.63) is 35.4 Å². The lowest BCUT2D eigenvalue weighted by Gasteiger charge is -2.38. The molecule has 0 aromatic heterocycles. The molecular formula is C12H13F2NO2. The molecule has 1 fully saturated rings. The molecule has 3 nitrogen and oxygen atoms in total. The molecule has 1 aliphatic rings. The summed E-state index contributed by atoms with van der Waals surface area (Å²) in [6.07, 6.45) is 0.718. The van der Waals surface area contributed by atoms with Crippen LogP contribution in [0.25, 0.3) is 0 Å². The average Bonchev–Trinajstić information content (AvgIpc) is 2.26. The predicted octanol–water partition coefficient (Wildman–Crippen LogP) is 1.71. The van der Waals surface area contributed by atoms with E-state index < -0.39 is 11.6 Å². The number of carbonyl (C=O) groups is 1. The number of esters is 1. The molecule has 1 saturated heterocycles. The third kappa shape index (κ3) is 2.44. The van der Waals surface area contributed by atoms with Gasteiger partial charge in [0.2, 0.25) is 0 Å². The van der Waals surface area contributed by atoms with Gasteiger partial charge in [-0.15, -0.1) is 0 Å². The first kappa shape index (κ1) is 12.0. The Hall–Kier alpha value is -1.49. The van der Waals surface area contributed by atoms with Gasteiger partial charge >= 0.3 is 5.97 Å². The fraction of sp³-hybridized carbons (Fsp3) is 0.417. The van der Waals surface area contributed by atoms with Crippen LogP contribution in [-0.4, -0.2) is 30.6 Å². The van der Waals surface area contributed by atoms with E-state index in [1.807, 2.05) is 4.90 Å². The lowest BCUT2D eigenvalue weighted by atomic mass is 10.0. The molecule has 5 heteroatoms. The molecule has 1 aromatic carbocycles. The fourth-order valence-electron chi connectivity index (χ4n) is 1.90. The summed E-state index contributed by atoms with van der Waals surface area (Å²) in [5, 5.41) is 0. The Morgan fingerprint density at radius 3 is 2.82 bits per heavy atom. The van der Waals surface area contributed by atoms with Crippen LogP contribution in [0.3, 0.4) is 0 Å². The number of benzene rings is 1. The Morgan fingerprint density at radius 2 is 2.29 bits per heavy atom. The molecule has 0 amide bonds. The van der Waals surface area contributed by atoms with Gasteiger partial charge in [0.1, 0.15) is 17.7 Å². The highest BCUT2D eigenvalue weighted by Gasteiger charge is 2.35. The van der Waals surface area contributed by atoms with E-state index in [1.54, 1.807) is 0 Å². The van der Waals surface area contributed by atoms with E-state index in [0.717, 1.165) is 19.0 Å². The zero-order valence-electron chi connectivity index (χ0n) is 9.45. The second-order valence-electron chi connectivity index (χ2n) is 4.03. The summed E-state index contributed by atoms with van der Waals surface area (Å²) >= 11 is 0. The fourth-order valence-corrected chi connectivity index (χ4v) is 1.90. The minimum atomic E-state index is -0.598. The maximum atomic E-state index is 13.4. The van der Waals surface area contributed by atoms with Gasteiger partial charge < -0.3 is 4.74 Å². The quantitative estimate of drug-likeness (QED) is 0.754. The maximum Gasteiger partial charge on any atom is 0.323 e. The first-order valence-electron chi connectivity index (χ1n) is 5.37. The molecule has 0 spiro atoms. The Kier molecular flexibility index (Phi) is 3.38. The second-order valence-corrected chi connectivity index (χ2v) is 4.03. The lowest BCUT2D eigenvalue weighted by Crippen LogP contribution is -2.52. The van der Waals surface area contributed by atoms with Crippen molar-refractivity contribution >= 4 is 5.97 Å². The molecule has 0 radical (unpaired) electrons. The summed E-state index contributed by atoms with van der Waals surface area (Å²) in [5.41, 5.74) is 0.389. The Morgan fingerprint density at radius 1 is 1.53 bits per heavy atom. The van der Waals surface area contributed by atoms with Crippen molar-refractivity contribution in [3.8, 4) is 0 Å². The number of methoxy groups -OCH3 is 1. The van der Waals surface area contributed by atoms with E-state index in [4.69, 9.17) is 0 Å². The van der Waals surface area contributed by atoms with E-state index in [-0.39, 0.29) is 12.0 Å². The topological polar surface area (TPSA) is 29.5 Å². The van der Waals surface area contributed by atoms with Crippen LogP contribution in [0.5, 0.6) is 0 Å². The number of likely N-dealkylation sites (tertiary alicyclic amines) is 1. The first-order chi connectivity index (χ1) is 8.11. The second kappa shape index (κ2) is 4.79. The first-order valence-corrected chi connectivity index (χ1v) is 5.37. The number of nitrogens with zero attached hydrogens (tertiary/aromatic N) is 1. The Balaban J connectivity index is 2.04. The largest absolute Gasteiger partial charge is 0.468 e. The van der Waals surface area contributed by atoms with Crippen molar-refractivity contribution in [2.75, 3.05) is 13.7 Å². The van der Waals surface area contributed by atoms with E-state index in [2.05, 4.69) is 4.74 Å². The number of ether oxygens (including phenoxy) is 1. The average molecular weight is 241 g/mol. The van der Waals surface area contributed by atoms with Gasteiger partial charge in [0.25, 0.3) is 0 Å². The van der Waals surface area contributed by atoms with Crippen molar-refractivity contribution in [2.24, 2.45) is 0 Å². The number of halogens is 2. The highest BCUT2D eigenvalue weighted by molar-refractivity contribution is 5.76. The lowest BCUT2D eigenvalue weighted by molar-refractivity contribution is -0.152. The van der Waals surface area contributed by atoms with Crippen LogP contribution < -0.4 is 0 Å². The molecule has 1 atom stereocenters. The van der Waals surface area contributed by atoms with E-state index in [1.165, 1.54) is 19.2 Å². The molecule has 2 rings (SSSR count). The van der Waals surface area contributed by atoms with Crippen LogP contribution in [0.2, 0.25) is 0 Å². The number of carbonyl (C=O) groups excluding carboxylic acids is 1. The molecule has 0 N–H and O–H groups in total. The summed E-state index contributed by atoms with van der Waals surface area (Å²) < 4.78 is 30.7. The number of rotatable bonds is 3. The highest BCUT2D eigenvalue weighted by Crippen LogP contribution is 2.22. The Bertz CT molecular complexity index is 437. The van der Waals surface area contributed by atoms with Gasteiger partial charge in [-0.3, -0.25) is 9.69 Å². The smallest absolute Gasteiger partial charge is 0.323 e. The van der Waals surface area contributed by atoms with Crippen LogP contribution >= 0.6 is 0 Å². The summed E-state index contributed by atoms with van der Waals surface area (Å²) in [6.45, 7) is 1.02. The van der Waals surface area contributed by atoms with Gasteiger partial charge in [-0.25, -0.2) is 8.78 Å². The third-order valence-corrected chi connectivity index (χ3v) is 2.99. The predicted molar refractivity (Wildman–Crippen MR) is 57.2 cm³/mol. The standard InChI is InChI=1S/C12H13F2NO2/c1-17-12(16)11-4-5-15(11)7-8-2-3-9(13)6-10(8)14/h2-3,6,11H,4-5,7H2,1H3. The van der Waals surface area contributed by atoms with E-state index in [9.17, 15) is 13.6 Å². The monoisotopic (exact) mass is 241 g/mol. The summed E-state index contributed by atoms with van der Waals surface area (Å²) in [6, 6.07) is 3.16. The van der Waals surface area contributed by atoms with Gasteiger partial charge in [0.15, 0.2) is 0 Å². The number of hydrogen-bond acceptors (Lipinski definition) is 3. The SMILES string of the molecule is COC(=O)C1CCN1Cc1ccc(F)cc1F. The minimum absolute atomic E-state index is 0.297. The van der Waals surface area contributed by atoms with Crippen molar-refractivity contribution in [2.45, 2.75) is 19.0 Å². The Labute approximate surface area is 98.0 Å². The van der Waals surface area contributed by atoms with Gasteiger partial charge in [-0.2, -0.15) is 0 Å². The van der Waals surface area contributed by atoms with Crippen LogP contribution in [0.15, 0.2) is 18.2 Å². The van der Waals surface area contributed by atoms with Crippen LogP contribution in [-0.2, 0) is 16.1 Å². The van der Waals surface area contributed by atoms with E-state index >= 15 is 0 Å². The van der Waals surface area contributed by atoms with Gasteiger partial charge in [-0.05, 0) is 12.5 Å². The normalized spacial score (nSPS) is 19.8. The maximum absolute atomic E-state index is 13.4. The minimum Gasteiger partial charge on any atom is -0.468 e. The highest BCUT2D eigenvalue weighted by atomic mass is 19.1. The molecule has 0 aliphatic carbocycles. The number of hydrogen-bond donors (Lipinski definition) is 0. The molecule has 92 valence electrons. The zero-order valence-corrected chi connectivity index (χ0v) is 9.45. The van der Waals surface area contributed by atoms with Crippen LogP contribution in [0.1, 0.15) is 12.0 Å². The molecule has 0 bridgehead atoms. The van der Waals surface area contributed by atoms with Gasteiger partial charge in [0, 0.05) is 24.7 Å². The molecule has 17 heavy (non-hydrogen) atoms. The molecule has 1 aromatic rings. The summed E-state index contributed by atoms with van der Waals surface area (Å²) in [4.78, 5) is 13.1. The molecular weight excluding hydrogens is 228 g/mol. The van der Waals surface area contributed by atoms with Crippen LogP contribution in [0.4, 0.5) is 8.78 Å². The molecule has 1 heterocycles. The van der Waals surface area contributed by atoms with Crippen molar-refractivity contribution in [1.29, 1.82) is 0 Å². The molecule has 1 aliphatic heterocycles.